The predicted molar refractivity (Wildman–Crippen MR) is 38.1 cm³/mol. The third-order valence-corrected chi connectivity index (χ3v) is 0.897. The molecular formula is C7H11NO2. The monoisotopic (exact) mass is 141 g/mol. The van der Waals surface area contributed by atoms with Crippen LogP contribution in [0.1, 0.15) is 12.8 Å². The number of rotatable bonds is 5. The van der Waals surface area contributed by atoms with Gasteiger partial charge >= 0.3 is 0 Å². The molecule has 3 nitrogen and oxygen atoms in total. The number of nitrogens with two attached hydrogens (primary N) is 1. The molecule has 0 radical (unpaired) electrons. The molecule has 2 N–H and O–H groups in total. The molecule has 0 heterocycles. The van der Waals surface area contributed by atoms with Crippen LogP contribution in [-0.4, -0.2) is 19.1 Å². The first kappa shape index (κ1) is 8.99. The summed E-state index contributed by atoms with van der Waals surface area (Å²) in [7, 11) is 0. The van der Waals surface area contributed by atoms with Gasteiger partial charge in [0.1, 0.15) is 6.61 Å². The van der Waals surface area contributed by atoms with E-state index in [1.165, 1.54) is 0 Å². The summed E-state index contributed by atoms with van der Waals surface area (Å²) in [6.07, 6.45) is 5.92. The second-order valence-corrected chi connectivity index (χ2v) is 1.83. The number of amides is 1. The van der Waals surface area contributed by atoms with Gasteiger partial charge in [-0.2, -0.15) is 0 Å². The van der Waals surface area contributed by atoms with Crippen LogP contribution in [0.25, 0.3) is 0 Å². The van der Waals surface area contributed by atoms with Crippen LogP contribution in [-0.2, 0) is 9.53 Å². The van der Waals surface area contributed by atoms with E-state index < -0.39 is 0 Å². The van der Waals surface area contributed by atoms with Crippen molar-refractivity contribution in [1.29, 1.82) is 0 Å². The molecule has 0 rings (SSSR count). The van der Waals surface area contributed by atoms with Crippen LogP contribution in [0.5, 0.6) is 0 Å². The maximum absolute atomic E-state index is 10.2. The van der Waals surface area contributed by atoms with E-state index >= 15 is 0 Å². The van der Waals surface area contributed by atoms with Crippen molar-refractivity contribution in [1.82, 2.24) is 0 Å². The molecule has 1 amide bonds. The summed E-state index contributed by atoms with van der Waals surface area (Å²) in [5, 5.41) is 0. The smallest absolute Gasteiger partial charge is 0.217 e. The largest absolute Gasteiger partial charge is 0.370 e. The van der Waals surface area contributed by atoms with Gasteiger partial charge in [-0.15, -0.1) is 6.42 Å². The minimum atomic E-state index is -0.302. The maximum Gasteiger partial charge on any atom is 0.217 e. The highest BCUT2D eigenvalue weighted by Gasteiger charge is 1.92. The molecule has 0 aromatic heterocycles. The Morgan fingerprint density at radius 3 is 2.90 bits per heavy atom. The number of carbonyl (C=O) groups is 1. The number of carbonyl (C=O) groups excluding carboxylic acids is 1. The second kappa shape index (κ2) is 6.12. The summed E-state index contributed by atoms with van der Waals surface area (Å²) in [6.45, 7) is 0.811. The normalized spacial score (nSPS) is 8.70. The lowest BCUT2D eigenvalue weighted by atomic mass is 10.3. The van der Waals surface area contributed by atoms with Crippen molar-refractivity contribution in [3.8, 4) is 12.3 Å². The zero-order valence-electron chi connectivity index (χ0n) is 5.80. The van der Waals surface area contributed by atoms with Gasteiger partial charge in [0.2, 0.25) is 5.91 Å². The third-order valence-electron chi connectivity index (χ3n) is 0.897. The molecule has 0 saturated carbocycles. The van der Waals surface area contributed by atoms with Gasteiger partial charge in [-0.1, -0.05) is 5.92 Å². The van der Waals surface area contributed by atoms with E-state index in [1.807, 2.05) is 0 Å². The molecular weight excluding hydrogens is 130 g/mol. The van der Waals surface area contributed by atoms with Gasteiger partial charge in [-0.3, -0.25) is 4.79 Å². The fourth-order valence-electron chi connectivity index (χ4n) is 0.480. The molecule has 0 bridgehead atoms. The Morgan fingerprint density at radius 1 is 1.70 bits per heavy atom. The first-order chi connectivity index (χ1) is 4.77. The summed E-state index contributed by atoms with van der Waals surface area (Å²) < 4.78 is 4.89. The van der Waals surface area contributed by atoms with Gasteiger partial charge in [-0.25, -0.2) is 0 Å². The van der Waals surface area contributed by atoms with Gasteiger partial charge in [-0.05, 0) is 6.42 Å². The van der Waals surface area contributed by atoms with Gasteiger partial charge < -0.3 is 10.5 Å². The molecule has 0 aliphatic rings. The van der Waals surface area contributed by atoms with E-state index in [0.717, 1.165) is 0 Å². The molecule has 0 aliphatic heterocycles. The number of ether oxygens (including phenoxy) is 1. The standard InChI is InChI=1S/C7H11NO2/c1-2-5-10-6-3-4-7(8)9/h1H,3-6H2,(H2,8,9). The summed E-state index contributed by atoms with van der Waals surface area (Å²) in [5.74, 6) is 2.02. The molecule has 10 heavy (non-hydrogen) atoms. The zero-order valence-corrected chi connectivity index (χ0v) is 5.80. The molecule has 3 heteroatoms. The summed E-state index contributed by atoms with van der Waals surface area (Å²) in [5.41, 5.74) is 4.87. The highest BCUT2D eigenvalue weighted by atomic mass is 16.5. The van der Waals surface area contributed by atoms with Crippen molar-refractivity contribution in [2.24, 2.45) is 5.73 Å². The van der Waals surface area contributed by atoms with E-state index in [9.17, 15) is 4.79 Å². The van der Waals surface area contributed by atoms with Crippen molar-refractivity contribution in [2.45, 2.75) is 12.8 Å². The minimum absolute atomic E-state index is 0.302. The number of terminal acetylenes is 1. The van der Waals surface area contributed by atoms with E-state index in [4.69, 9.17) is 16.9 Å². The van der Waals surface area contributed by atoms with Gasteiger partial charge in [0, 0.05) is 13.0 Å². The van der Waals surface area contributed by atoms with E-state index in [-0.39, 0.29) is 5.91 Å². The lowest BCUT2D eigenvalue weighted by Gasteiger charge is -1.96. The lowest BCUT2D eigenvalue weighted by Crippen LogP contribution is -2.11. The third kappa shape index (κ3) is 6.99. The van der Waals surface area contributed by atoms with E-state index in [0.29, 0.717) is 26.1 Å². The SMILES string of the molecule is C#CCOCCCC(N)=O. The van der Waals surface area contributed by atoms with Crippen molar-refractivity contribution in [2.75, 3.05) is 13.2 Å². The Kier molecular flexibility index (Phi) is 5.50. The molecule has 0 fully saturated rings. The first-order valence-corrected chi connectivity index (χ1v) is 3.07. The fourth-order valence-corrected chi connectivity index (χ4v) is 0.480. The number of hydrogen-bond acceptors (Lipinski definition) is 2. The molecule has 0 aromatic rings. The Morgan fingerprint density at radius 2 is 2.40 bits per heavy atom. The Hall–Kier alpha value is -1.01. The van der Waals surface area contributed by atoms with Gasteiger partial charge in [0.25, 0.3) is 0 Å². The Labute approximate surface area is 60.5 Å². The molecule has 0 atom stereocenters. The van der Waals surface area contributed by atoms with Crippen LogP contribution in [0.2, 0.25) is 0 Å². The van der Waals surface area contributed by atoms with Gasteiger partial charge in [0.05, 0.1) is 0 Å². The van der Waals surface area contributed by atoms with Crippen molar-refractivity contribution >= 4 is 5.91 Å². The molecule has 0 saturated heterocycles. The minimum Gasteiger partial charge on any atom is -0.370 e. The molecule has 0 unspecified atom stereocenters. The second-order valence-electron chi connectivity index (χ2n) is 1.83. The topological polar surface area (TPSA) is 52.3 Å². The molecule has 0 spiro atoms. The van der Waals surface area contributed by atoms with E-state index in [1.54, 1.807) is 0 Å². The van der Waals surface area contributed by atoms with Crippen LogP contribution < -0.4 is 5.73 Å². The van der Waals surface area contributed by atoms with Gasteiger partial charge in [0.15, 0.2) is 0 Å². The van der Waals surface area contributed by atoms with Crippen LogP contribution in [0.15, 0.2) is 0 Å². The van der Waals surface area contributed by atoms with Crippen molar-refractivity contribution < 1.29 is 9.53 Å². The van der Waals surface area contributed by atoms with Crippen LogP contribution >= 0.6 is 0 Å². The quantitative estimate of drug-likeness (QED) is 0.429. The molecule has 56 valence electrons. The van der Waals surface area contributed by atoms with Crippen molar-refractivity contribution in [3.63, 3.8) is 0 Å². The van der Waals surface area contributed by atoms with Crippen LogP contribution in [0.4, 0.5) is 0 Å². The average molecular weight is 141 g/mol. The summed E-state index contributed by atoms with van der Waals surface area (Å²) >= 11 is 0. The molecule has 0 aromatic carbocycles. The first-order valence-electron chi connectivity index (χ1n) is 3.07. The summed E-state index contributed by atoms with van der Waals surface area (Å²) in [4.78, 5) is 10.2. The highest BCUT2D eigenvalue weighted by molar-refractivity contribution is 5.73. The number of primary amides is 1. The predicted octanol–water partition coefficient (Wildman–Crippen LogP) is -0.0983. The average Bonchev–Trinajstić information content (AvgIpc) is 1.87. The molecule has 0 aliphatic carbocycles. The maximum atomic E-state index is 10.2. The Bertz CT molecular complexity index is 137. The fraction of sp³-hybridized carbons (Fsp3) is 0.571. The lowest BCUT2D eigenvalue weighted by molar-refractivity contribution is -0.118. The van der Waals surface area contributed by atoms with Crippen LogP contribution in [0, 0.1) is 12.3 Å². The van der Waals surface area contributed by atoms with E-state index in [2.05, 4.69) is 5.92 Å². The van der Waals surface area contributed by atoms with Crippen molar-refractivity contribution in [3.05, 3.63) is 0 Å². The Balaban J connectivity index is 2.92. The highest BCUT2D eigenvalue weighted by Crippen LogP contribution is 1.87. The number of hydrogen-bond donors (Lipinski definition) is 1. The zero-order chi connectivity index (χ0) is 7.82. The summed E-state index contributed by atoms with van der Waals surface area (Å²) in [6, 6.07) is 0. The van der Waals surface area contributed by atoms with Crippen LogP contribution in [0.3, 0.4) is 0 Å².